The number of likely N-dealkylation sites (N-methyl/N-ethyl adjacent to an activating group) is 2. The molecule has 5 amide bonds. The quantitative estimate of drug-likeness (QED) is 0.215. The first-order valence-electron chi connectivity index (χ1n) is 24.3. The van der Waals surface area contributed by atoms with Gasteiger partial charge in [-0.15, -0.1) is 0 Å². The van der Waals surface area contributed by atoms with Crippen molar-refractivity contribution >= 4 is 47.3 Å². The second-order valence-corrected chi connectivity index (χ2v) is 20.3. The zero-order chi connectivity index (χ0) is 50.9. The van der Waals surface area contributed by atoms with Gasteiger partial charge < -0.3 is 44.7 Å². The normalized spacial score (nSPS) is 29.9. The standard InChI is InChI=1S/C50H78N6O12/c1-14-30(8)41-39(57)25-40(58)68-44(29(6)7)43(59)31(9)45(60)51-35(22-27(2)3)47(62)55-21-15-16-36(55)48(63)54(12)38(24-33-17-19-34(66-13)20-18-33)50(65)67-32(10)42(46(61)52-41)56-26-53(11)37(49(56)64)23-28(4)5/h17-20,27-32,35-39,41-42,44,57H,14-16,21-26H2,1-13H3,(H,51,60)(H,52,61). The number of methoxy groups -OCH3 is 1. The van der Waals surface area contributed by atoms with Gasteiger partial charge in [0.2, 0.25) is 29.5 Å². The number of fused-ring (bicyclic) bond motifs is 1. The fourth-order valence-electron chi connectivity index (χ4n) is 9.41. The molecule has 0 aliphatic carbocycles. The zero-order valence-corrected chi connectivity index (χ0v) is 42.5. The SMILES string of the molecule is CCC(C)C1NC(=O)C(N2CN(C)C(CC(C)C)C2=O)C(C)OC(=O)C(Cc2ccc(OC)cc2)N(C)C(=O)C2CCCN2C(=O)C(CC(C)C)NC(=O)C(C)C(=O)C(C(C)C)OC(=O)CC1O. The summed E-state index contributed by atoms with van der Waals surface area (Å²) in [4.78, 5) is 121. The van der Waals surface area contributed by atoms with Crippen molar-refractivity contribution in [2.24, 2.45) is 29.6 Å². The Labute approximate surface area is 402 Å². The van der Waals surface area contributed by atoms with E-state index >= 15 is 0 Å². The van der Waals surface area contributed by atoms with Crippen LogP contribution in [-0.2, 0) is 54.3 Å². The molecule has 0 aromatic heterocycles. The average Bonchev–Trinajstić information content (AvgIpc) is 3.87. The van der Waals surface area contributed by atoms with Crippen LogP contribution in [-0.4, -0.2) is 161 Å². The molecule has 4 rings (SSSR count). The maximum Gasteiger partial charge on any atom is 0.329 e. The molecule has 3 heterocycles. The monoisotopic (exact) mass is 955 g/mol. The molecule has 0 bridgehead atoms. The van der Waals surface area contributed by atoms with E-state index in [1.165, 1.54) is 42.7 Å². The number of hydrogen-bond donors (Lipinski definition) is 3. The molecule has 3 saturated heterocycles. The Balaban J connectivity index is 1.88. The number of amides is 5. The van der Waals surface area contributed by atoms with Crippen LogP contribution in [0, 0.1) is 29.6 Å². The number of rotatable bonds is 11. The lowest BCUT2D eigenvalue weighted by atomic mass is 9.91. The molecule has 11 atom stereocenters. The Kier molecular flexibility index (Phi) is 20.0. The molecular weight excluding hydrogens is 877 g/mol. The van der Waals surface area contributed by atoms with Crippen LogP contribution in [0.4, 0.5) is 0 Å². The van der Waals surface area contributed by atoms with Gasteiger partial charge in [-0.3, -0.25) is 38.5 Å². The molecule has 18 heteroatoms. The number of ketones is 1. The number of benzene rings is 1. The number of nitrogens with one attached hydrogen (secondary N) is 2. The third kappa shape index (κ3) is 13.6. The highest BCUT2D eigenvalue weighted by Crippen LogP contribution is 2.28. The Hall–Kier alpha value is -5.10. The maximum atomic E-state index is 14.8. The molecule has 18 nitrogen and oxygen atoms in total. The predicted octanol–water partition coefficient (Wildman–Crippen LogP) is 3.10. The lowest BCUT2D eigenvalue weighted by Crippen LogP contribution is -2.60. The second-order valence-electron chi connectivity index (χ2n) is 20.3. The zero-order valence-electron chi connectivity index (χ0n) is 42.5. The summed E-state index contributed by atoms with van der Waals surface area (Å²) in [6, 6.07) is 0.392. The van der Waals surface area contributed by atoms with E-state index < -0.39 is 120 Å². The average molecular weight is 955 g/mol. The van der Waals surface area contributed by atoms with Crippen LogP contribution in [0.2, 0.25) is 0 Å². The van der Waals surface area contributed by atoms with Crippen LogP contribution in [0.15, 0.2) is 24.3 Å². The van der Waals surface area contributed by atoms with Gasteiger partial charge in [-0.1, -0.05) is 73.9 Å². The minimum atomic E-state index is -1.54. The molecule has 380 valence electrons. The molecule has 0 radical (unpaired) electrons. The minimum absolute atomic E-state index is 0.0104. The molecular formula is C50H78N6O12. The molecule has 1 aromatic carbocycles. The Morgan fingerprint density at radius 3 is 2.00 bits per heavy atom. The third-order valence-electron chi connectivity index (χ3n) is 13.7. The molecule has 0 spiro atoms. The van der Waals surface area contributed by atoms with E-state index in [1.807, 2.05) is 39.5 Å². The van der Waals surface area contributed by atoms with Gasteiger partial charge in [0.15, 0.2) is 11.9 Å². The van der Waals surface area contributed by atoms with Crippen molar-refractivity contribution < 1.29 is 57.7 Å². The van der Waals surface area contributed by atoms with E-state index in [0.717, 1.165) is 0 Å². The number of cyclic esters (lactones) is 2. The highest BCUT2D eigenvalue weighted by atomic mass is 16.6. The summed E-state index contributed by atoms with van der Waals surface area (Å²) in [5, 5.41) is 17.4. The van der Waals surface area contributed by atoms with E-state index in [9.17, 15) is 43.5 Å². The third-order valence-corrected chi connectivity index (χ3v) is 13.7. The van der Waals surface area contributed by atoms with Gasteiger partial charge in [0, 0.05) is 20.0 Å². The first kappa shape index (κ1) is 55.5. The second kappa shape index (κ2) is 24.4. The predicted molar refractivity (Wildman–Crippen MR) is 252 cm³/mol. The number of Topliss-reactive ketones (excluding diaryl/α,β-unsaturated/α-hetero) is 1. The number of carbonyl (C=O) groups is 8. The van der Waals surface area contributed by atoms with Crippen molar-refractivity contribution in [3.63, 3.8) is 0 Å². The van der Waals surface area contributed by atoms with Gasteiger partial charge in [0.25, 0.3) is 0 Å². The Bertz CT molecular complexity index is 1960. The highest BCUT2D eigenvalue weighted by Gasteiger charge is 2.48. The van der Waals surface area contributed by atoms with Crippen molar-refractivity contribution in [1.82, 2.24) is 30.2 Å². The van der Waals surface area contributed by atoms with Crippen LogP contribution in [0.3, 0.4) is 0 Å². The van der Waals surface area contributed by atoms with Crippen LogP contribution in [0.1, 0.15) is 113 Å². The van der Waals surface area contributed by atoms with Gasteiger partial charge in [-0.05, 0) is 87.9 Å². The van der Waals surface area contributed by atoms with Crippen molar-refractivity contribution in [2.75, 3.05) is 34.4 Å². The molecule has 68 heavy (non-hydrogen) atoms. The van der Waals surface area contributed by atoms with E-state index in [2.05, 4.69) is 10.6 Å². The van der Waals surface area contributed by atoms with Crippen molar-refractivity contribution in [1.29, 1.82) is 0 Å². The molecule has 3 aliphatic heterocycles. The Morgan fingerprint density at radius 2 is 1.43 bits per heavy atom. The maximum absolute atomic E-state index is 14.8. The number of carbonyl (C=O) groups excluding carboxylic acids is 8. The van der Waals surface area contributed by atoms with E-state index in [-0.39, 0.29) is 50.2 Å². The molecule has 3 fully saturated rings. The number of nitrogens with zero attached hydrogens (tertiary/aromatic N) is 4. The summed E-state index contributed by atoms with van der Waals surface area (Å²) in [6.07, 6.45) is -3.09. The number of aliphatic hydroxyl groups excluding tert-OH is 1. The summed E-state index contributed by atoms with van der Waals surface area (Å²) in [7, 11) is 4.75. The van der Waals surface area contributed by atoms with E-state index in [1.54, 1.807) is 52.1 Å². The number of ether oxygens (including phenoxy) is 3. The first-order valence-corrected chi connectivity index (χ1v) is 24.3. The van der Waals surface area contributed by atoms with E-state index in [4.69, 9.17) is 14.2 Å². The summed E-state index contributed by atoms with van der Waals surface area (Å²) in [6.45, 7) is 17.7. The van der Waals surface area contributed by atoms with Crippen molar-refractivity contribution in [3.05, 3.63) is 29.8 Å². The Morgan fingerprint density at radius 1 is 0.794 bits per heavy atom. The van der Waals surface area contributed by atoms with Gasteiger partial charge in [0.05, 0.1) is 44.3 Å². The smallest absolute Gasteiger partial charge is 0.329 e. The fraction of sp³-hybridized carbons (Fsp3) is 0.720. The van der Waals surface area contributed by atoms with Crippen LogP contribution >= 0.6 is 0 Å². The number of esters is 2. The van der Waals surface area contributed by atoms with Crippen LogP contribution in [0.5, 0.6) is 5.75 Å². The summed E-state index contributed by atoms with van der Waals surface area (Å²) in [5.74, 6) is -7.29. The fourth-order valence-corrected chi connectivity index (χ4v) is 9.41. The molecule has 0 saturated carbocycles. The van der Waals surface area contributed by atoms with Crippen LogP contribution in [0.25, 0.3) is 0 Å². The van der Waals surface area contributed by atoms with E-state index in [0.29, 0.717) is 30.6 Å². The lowest BCUT2D eigenvalue weighted by molar-refractivity contribution is -0.165. The van der Waals surface area contributed by atoms with Crippen molar-refractivity contribution in [3.8, 4) is 5.75 Å². The largest absolute Gasteiger partial charge is 0.497 e. The molecule has 3 aliphatic rings. The van der Waals surface area contributed by atoms with Gasteiger partial charge in [-0.25, -0.2) is 4.79 Å². The van der Waals surface area contributed by atoms with Gasteiger partial charge in [0.1, 0.15) is 36.0 Å². The first-order chi connectivity index (χ1) is 31.9. The summed E-state index contributed by atoms with van der Waals surface area (Å²) in [5.41, 5.74) is 0.644. The van der Waals surface area contributed by atoms with Gasteiger partial charge in [-0.2, -0.15) is 0 Å². The topological polar surface area (TPSA) is 221 Å². The van der Waals surface area contributed by atoms with Crippen molar-refractivity contribution in [2.45, 2.75) is 169 Å². The summed E-state index contributed by atoms with van der Waals surface area (Å²) >= 11 is 0. The van der Waals surface area contributed by atoms with Gasteiger partial charge >= 0.3 is 11.9 Å². The molecule has 3 N–H and O–H groups in total. The van der Waals surface area contributed by atoms with Crippen LogP contribution < -0.4 is 15.4 Å². The lowest BCUT2D eigenvalue weighted by Gasteiger charge is -2.37. The minimum Gasteiger partial charge on any atom is -0.497 e. The number of hydrogen-bond acceptors (Lipinski definition) is 13. The molecule has 1 aromatic rings. The molecule has 11 unspecified atom stereocenters. The number of aliphatic hydroxyl groups is 1. The highest BCUT2D eigenvalue weighted by molar-refractivity contribution is 6.05. The summed E-state index contributed by atoms with van der Waals surface area (Å²) < 4.78 is 17.3.